The number of hydrogen-bond donors (Lipinski definition) is 2. The number of rotatable bonds is 8. The Kier molecular flexibility index (Phi) is 5.93. The normalized spacial score (nSPS) is 15.8. The summed E-state index contributed by atoms with van der Waals surface area (Å²) in [6, 6.07) is -5.47. The summed E-state index contributed by atoms with van der Waals surface area (Å²) in [4.78, 5) is 0. The lowest BCUT2D eigenvalue weighted by molar-refractivity contribution is -0.421. The molecule has 1 unspecified atom stereocenters. The van der Waals surface area contributed by atoms with Crippen LogP contribution in [-0.4, -0.2) is 34.3 Å². The summed E-state index contributed by atoms with van der Waals surface area (Å²) < 4.78 is 76.4. The van der Waals surface area contributed by atoms with Gasteiger partial charge in [0.2, 0.25) is 0 Å². The van der Waals surface area contributed by atoms with Gasteiger partial charge in [-0.05, 0) is 6.42 Å². The quantitative estimate of drug-likeness (QED) is 0.408. The van der Waals surface area contributed by atoms with Crippen LogP contribution in [0.15, 0.2) is 0 Å². The highest BCUT2D eigenvalue weighted by atomic mass is 19.3. The minimum absolute atomic E-state index is 0.0726. The van der Waals surface area contributed by atoms with E-state index in [0.717, 1.165) is 6.42 Å². The van der Waals surface area contributed by atoms with Crippen LogP contribution >= 0.6 is 0 Å². The van der Waals surface area contributed by atoms with Gasteiger partial charge < -0.3 is 10.2 Å². The van der Waals surface area contributed by atoms with Crippen molar-refractivity contribution in [3.8, 4) is 0 Å². The van der Waals surface area contributed by atoms with Crippen LogP contribution in [-0.2, 0) is 0 Å². The SMILES string of the molecule is CCCCCCC(F)C(F)(F)C(F)(F)C(O)(O)F. The zero-order valence-electron chi connectivity index (χ0n) is 9.78. The molecule has 0 aromatic rings. The van der Waals surface area contributed by atoms with Gasteiger partial charge in [0.05, 0.1) is 0 Å². The summed E-state index contributed by atoms with van der Waals surface area (Å²) in [6.45, 7) is 1.81. The van der Waals surface area contributed by atoms with E-state index in [-0.39, 0.29) is 6.42 Å². The first-order valence-corrected chi connectivity index (χ1v) is 5.51. The van der Waals surface area contributed by atoms with Crippen molar-refractivity contribution in [2.45, 2.75) is 63.1 Å². The Morgan fingerprint density at radius 1 is 0.944 bits per heavy atom. The molecule has 0 bridgehead atoms. The van der Waals surface area contributed by atoms with Crippen LogP contribution < -0.4 is 0 Å². The van der Waals surface area contributed by atoms with E-state index in [9.17, 15) is 26.3 Å². The number of aliphatic hydroxyl groups is 2. The van der Waals surface area contributed by atoms with Crippen molar-refractivity contribution in [3.63, 3.8) is 0 Å². The van der Waals surface area contributed by atoms with E-state index in [0.29, 0.717) is 12.8 Å². The van der Waals surface area contributed by atoms with E-state index in [2.05, 4.69) is 0 Å². The predicted molar refractivity (Wildman–Crippen MR) is 51.8 cm³/mol. The fraction of sp³-hybridized carbons (Fsp3) is 1.00. The van der Waals surface area contributed by atoms with Crippen LogP contribution in [0.5, 0.6) is 0 Å². The number of unbranched alkanes of at least 4 members (excludes halogenated alkanes) is 3. The van der Waals surface area contributed by atoms with Crippen molar-refractivity contribution in [2.24, 2.45) is 0 Å². The summed E-state index contributed by atoms with van der Waals surface area (Å²) in [6.07, 6.45) is -2.59. The number of alkyl halides is 6. The molecule has 0 aromatic heterocycles. The third-order valence-electron chi connectivity index (χ3n) is 2.52. The maximum absolute atomic E-state index is 13.0. The summed E-state index contributed by atoms with van der Waals surface area (Å²) in [5.74, 6) is -11.4. The monoisotopic (exact) mass is 282 g/mol. The van der Waals surface area contributed by atoms with Gasteiger partial charge in [-0.3, -0.25) is 0 Å². The number of hydrogen-bond acceptors (Lipinski definition) is 2. The zero-order chi connectivity index (χ0) is 14.6. The molecule has 2 N–H and O–H groups in total. The van der Waals surface area contributed by atoms with Gasteiger partial charge in [0.1, 0.15) is 0 Å². The Bertz CT molecular complexity index is 251. The van der Waals surface area contributed by atoms with Crippen LogP contribution in [0.4, 0.5) is 26.3 Å². The first-order valence-electron chi connectivity index (χ1n) is 5.51. The second kappa shape index (κ2) is 6.10. The molecule has 18 heavy (non-hydrogen) atoms. The highest BCUT2D eigenvalue weighted by Crippen LogP contribution is 2.46. The van der Waals surface area contributed by atoms with Crippen LogP contribution in [0.25, 0.3) is 0 Å². The highest BCUT2D eigenvalue weighted by Gasteiger charge is 2.73. The van der Waals surface area contributed by atoms with Gasteiger partial charge >= 0.3 is 17.9 Å². The Morgan fingerprint density at radius 2 is 1.44 bits per heavy atom. The van der Waals surface area contributed by atoms with Gasteiger partial charge in [-0.15, -0.1) is 0 Å². The molecule has 0 spiro atoms. The topological polar surface area (TPSA) is 40.5 Å². The minimum atomic E-state index is -5.91. The third kappa shape index (κ3) is 3.74. The average molecular weight is 282 g/mol. The molecule has 0 radical (unpaired) electrons. The van der Waals surface area contributed by atoms with Crippen molar-refractivity contribution in [1.29, 1.82) is 0 Å². The van der Waals surface area contributed by atoms with Crippen LogP contribution in [0.2, 0.25) is 0 Å². The average Bonchev–Trinajstić information content (AvgIpc) is 2.22. The van der Waals surface area contributed by atoms with Gasteiger partial charge in [0.15, 0.2) is 6.17 Å². The van der Waals surface area contributed by atoms with Gasteiger partial charge in [0.25, 0.3) is 0 Å². The Hall–Kier alpha value is -0.500. The van der Waals surface area contributed by atoms with E-state index in [1.54, 1.807) is 0 Å². The fourth-order valence-electron chi connectivity index (χ4n) is 1.34. The lowest BCUT2D eigenvalue weighted by atomic mass is 10.00. The van der Waals surface area contributed by atoms with Gasteiger partial charge in [-0.25, -0.2) is 4.39 Å². The Labute approximate surface area is 101 Å². The summed E-state index contributed by atoms with van der Waals surface area (Å²) in [5.41, 5.74) is 0. The zero-order valence-corrected chi connectivity index (χ0v) is 9.78. The van der Waals surface area contributed by atoms with E-state index in [1.165, 1.54) is 0 Å². The second-order valence-corrected chi connectivity index (χ2v) is 4.10. The first-order chi connectivity index (χ1) is 7.98. The molecule has 8 heteroatoms. The number of halogens is 6. The van der Waals surface area contributed by atoms with Crippen LogP contribution in [0, 0.1) is 0 Å². The van der Waals surface area contributed by atoms with E-state index >= 15 is 0 Å². The van der Waals surface area contributed by atoms with Crippen molar-refractivity contribution in [2.75, 3.05) is 0 Å². The smallest absolute Gasteiger partial charge is 0.335 e. The molecule has 0 heterocycles. The second-order valence-electron chi connectivity index (χ2n) is 4.10. The van der Waals surface area contributed by atoms with Crippen molar-refractivity contribution < 1.29 is 36.6 Å². The summed E-state index contributed by atoms with van der Waals surface area (Å²) in [7, 11) is 0. The molecule has 0 aliphatic carbocycles. The lowest BCUT2D eigenvalue weighted by Gasteiger charge is -2.32. The molecule has 2 nitrogen and oxygen atoms in total. The summed E-state index contributed by atoms with van der Waals surface area (Å²) in [5, 5.41) is 15.9. The van der Waals surface area contributed by atoms with Crippen molar-refractivity contribution in [3.05, 3.63) is 0 Å². The minimum Gasteiger partial charge on any atom is -0.335 e. The highest BCUT2D eigenvalue weighted by molar-refractivity contribution is 4.95. The molecule has 0 aromatic carbocycles. The molecule has 110 valence electrons. The maximum Gasteiger partial charge on any atom is 0.396 e. The Balaban J connectivity index is 4.61. The summed E-state index contributed by atoms with van der Waals surface area (Å²) >= 11 is 0. The molecule has 0 saturated heterocycles. The molecular weight excluding hydrogens is 266 g/mol. The van der Waals surface area contributed by atoms with Gasteiger partial charge in [-0.2, -0.15) is 22.0 Å². The van der Waals surface area contributed by atoms with Crippen LogP contribution in [0.1, 0.15) is 39.0 Å². The van der Waals surface area contributed by atoms with E-state index in [1.807, 2.05) is 6.92 Å². The van der Waals surface area contributed by atoms with Crippen molar-refractivity contribution in [1.82, 2.24) is 0 Å². The van der Waals surface area contributed by atoms with Crippen molar-refractivity contribution >= 4 is 0 Å². The fourth-order valence-corrected chi connectivity index (χ4v) is 1.34. The maximum atomic E-state index is 13.0. The largest absolute Gasteiger partial charge is 0.396 e. The van der Waals surface area contributed by atoms with Gasteiger partial charge in [0, 0.05) is 0 Å². The van der Waals surface area contributed by atoms with E-state index in [4.69, 9.17) is 10.2 Å². The standard InChI is InChI=1S/C10H16F6O2/c1-2-3-4-5-6-7(11)8(12,13)9(14,15)10(16,17)18/h7,17-18H,2-6H2,1H3. The molecule has 0 fully saturated rings. The first kappa shape index (κ1) is 17.5. The molecule has 0 rings (SSSR count). The molecule has 1 atom stereocenters. The Morgan fingerprint density at radius 3 is 1.83 bits per heavy atom. The van der Waals surface area contributed by atoms with E-state index < -0.39 is 30.5 Å². The predicted octanol–water partition coefficient (Wildman–Crippen LogP) is 3.17. The molecule has 0 aliphatic rings. The molecular formula is C10H16F6O2. The third-order valence-corrected chi connectivity index (χ3v) is 2.52. The lowest BCUT2D eigenvalue weighted by Crippen LogP contribution is -2.60. The molecule has 0 saturated carbocycles. The van der Waals surface area contributed by atoms with Gasteiger partial charge in [-0.1, -0.05) is 32.6 Å². The van der Waals surface area contributed by atoms with Crippen LogP contribution in [0.3, 0.4) is 0 Å². The molecule has 0 amide bonds. The molecule has 0 aliphatic heterocycles.